The van der Waals surface area contributed by atoms with Crippen LogP contribution in [0.5, 0.6) is 0 Å². The van der Waals surface area contributed by atoms with Crippen LogP contribution < -0.4 is 31.1 Å². The summed E-state index contributed by atoms with van der Waals surface area (Å²) in [6.45, 7) is 28.3. The number of anilines is 8. The standard InChI is InChI=1S/C73H72BN3/c1-47-41-66-68-67(42-47)76(62-37-30-53(70(5,6)7)44-57(62)49-23-17-14-18-24-49)64-36-27-51(48-21-15-13-16-22-48)43-61(64)74(68)60-35-34-56(46-65(60)75(66)55-32-28-52(29-33-55)69(2,3)4)77-63-38-31-54(71(8,9)10)45-59(63)72(11)40-39-50-25-19-20-26-58(50)73(72,77)12/h13-38,41-46H,39-40H2,1-12H3. The predicted octanol–water partition coefficient (Wildman–Crippen LogP) is 17.6. The van der Waals surface area contributed by atoms with Crippen LogP contribution in [0.3, 0.4) is 0 Å². The molecule has 77 heavy (non-hydrogen) atoms. The van der Waals surface area contributed by atoms with Gasteiger partial charge in [0.25, 0.3) is 6.71 Å². The van der Waals surface area contributed by atoms with Crippen molar-refractivity contribution in [3.05, 3.63) is 233 Å². The molecule has 3 heterocycles. The molecule has 4 aliphatic rings. The molecule has 13 rings (SSSR count). The Morgan fingerprint density at radius 2 is 0.987 bits per heavy atom. The maximum absolute atomic E-state index is 2.75. The van der Waals surface area contributed by atoms with Gasteiger partial charge in [0.15, 0.2) is 0 Å². The van der Waals surface area contributed by atoms with E-state index in [0.29, 0.717) is 0 Å². The van der Waals surface area contributed by atoms with E-state index in [4.69, 9.17) is 0 Å². The topological polar surface area (TPSA) is 9.72 Å². The second kappa shape index (κ2) is 17.2. The summed E-state index contributed by atoms with van der Waals surface area (Å²) in [6, 6.07) is 75.2. The maximum Gasteiger partial charge on any atom is 0.252 e. The first-order valence-electron chi connectivity index (χ1n) is 28.2. The zero-order chi connectivity index (χ0) is 53.6. The van der Waals surface area contributed by atoms with Crippen molar-refractivity contribution in [3.63, 3.8) is 0 Å². The highest BCUT2D eigenvalue weighted by Crippen LogP contribution is 2.64. The molecule has 2 atom stereocenters. The van der Waals surface area contributed by atoms with Crippen molar-refractivity contribution in [2.75, 3.05) is 14.7 Å². The number of nitrogens with zero attached hydrogens (tertiary/aromatic N) is 3. The van der Waals surface area contributed by atoms with Crippen LogP contribution in [0.4, 0.5) is 45.5 Å². The molecular formula is C73H72BN3. The van der Waals surface area contributed by atoms with Crippen LogP contribution in [0.1, 0.15) is 122 Å². The Morgan fingerprint density at radius 3 is 1.66 bits per heavy atom. The van der Waals surface area contributed by atoms with Crippen molar-refractivity contribution >= 4 is 68.6 Å². The van der Waals surface area contributed by atoms with E-state index < -0.39 is 0 Å². The molecule has 0 aromatic heterocycles. The molecule has 9 aromatic carbocycles. The van der Waals surface area contributed by atoms with Crippen molar-refractivity contribution in [2.45, 2.75) is 123 Å². The highest BCUT2D eigenvalue weighted by molar-refractivity contribution is 7.00. The summed E-state index contributed by atoms with van der Waals surface area (Å²) in [5.41, 5.74) is 27.7. The van der Waals surface area contributed by atoms with Crippen LogP contribution >= 0.6 is 0 Å². The van der Waals surface area contributed by atoms with Crippen LogP contribution in [-0.4, -0.2) is 6.71 Å². The highest BCUT2D eigenvalue weighted by atomic mass is 15.3. The lowest BCUT2D eigenvalue weighted by atomic mass is 9.33. The summed E-state index contributed by atoms with van der Waals surface area (Å²) >= 11 is 0. The molecule has 9 aromatic rings. The van der Waals surface area contributed by atoms with Gasteiger partial charge in [-0.15, -0.1) is 0 Å². The second-order valence-corrected chi connectivity index (χ2v) is 26.2. The van der Waals surface area contributed by atoms with E-state index in [2.05, 4.69) is 292 Å². The van der Waals surface area contributed by atoms with Crippen LogP contribution in [-0.2, 0) is 33.6 Å². The third-order valence-corrected chi connectivity index (χ3v) is 18.4. The molecule has 4 heteroatoms. The van der Waals surface area contributed by atoms with Crippen molar-refractivity contribution in [1.82, 2.24) is 0 Å². The molecule has 3 aliphatic heterocycles. The second-order valence-electron chi connectivity index (χ2n) is 26.2. The molecule has 3 nitrogen and oxygen atoms in total. The van der Waals surface area contributed by atoms with Gasteiger partial charge in [-0.2, -0.15) is 0 Å². The van der Waals surface area contributed by atoms with Gasteiger partial charge in [-0.1, -0.05) is 203 Å². The molecule has 2 unspecified atom stereocenters. The summed E-state index contributed by atoms with van der Waals surface area (Å²) in [5.74, 6) is 0. The number of hydrogen-bond donors (Lipinski definition) is 0. The first-order chi connectivity index (χ1) is 36.7. The van der Waals surface area contributed by atoms with Gasteiger partial charge in [0.1, 0.15) is 0 Å². The summed E-state index contributed by atoms with van der Waals surface area (Å²) < 4.78 is 0. The minimum atomic E-state index is -0.355. The Kier molecular flexibility index (Phi) is 11.0. The quantitative estimate of drug-likeness (QED) is 0.159. The number of rotatable bonds is 5. The van der Waals surface area contributed by atoms with E-state index in [-0.39, 0.29) is 33.9 Å². The fourth-order valence-corrected chi connectivity index (χ4v) is 13.9. The van der Waals surface area contributed by atoms with E-state index in [1.54, 1.807) is 0 Å². The van der Waals surface area contributed by atoms with Crippen molar-refractivity contribution < 1.29 is 0 Å². The highest BCUT2D eigenvalue weighted by Gasteiger charge is 2.60. The lowest BCUT2D eigenvalue weighted by Gasteiger charge is -2.51. The molecule has 0 saturated carbocycles. The van der Waals surface area contributed by atoms with Crippen molar-refractivity contribution in [3.8, 4) is 22.3 Å². The summed E-state index contributed by atoms with van der Waals surface area (Å²) in [6.07, 6.45) is 2.14. The first kappa shape index (κ1) is 49.0. The Bertz CT molecular complexity index is 3820. The van der Waals surface area contributed by atoms with Gasteiger partial charge in [0.2, 0.25) is 0 Å². The zero-order valence-electron chi connectivity index (χ0n) is 47.3. The van der Waals surface area contributed by atoms with Gasteiger partial charge in [-0.05, 0) is 176 Å². The van der Waals surface area contributed by atoms with E-state index in [1.165, 1.54) is 117 Å². The third kappa shape index (κ3) is 7.52. The predicted molar refractivity (Wildman–Crippen MR) is 330 cm³/mol. The largest absolute Gasteiger partial charge is 0.330 e. The molecule has 0 fully saturated rings. The SMILES string of the molecule is Cc1cc2c3c(c1)N(c1ccc(C(C)(C)C)cc1-c1ccccc1)c1ccc(-c4ccccc4)cc1B3c1ccc(N3c4ccc(C(C)(C)C)cc4C4(C)CCc5ccccc5C34C)cc1N2c1ccc(C(C)(C)C)cc1. The van der Waals surface area contributed by atoms with Crippen LogP contribution in [0, 0.1) is 6.92 Å². The van der Waals surface area contributed by atoms with E-state index in [0.717, 1.165) is 18.5 Å². The molecular weight excluding hydrogens is 930 g/mol. The number of benzene rings is 9. The Balaban J connectivity index is 1.11. The van der Waals surface area contributed by atoms with E-state index in [1.807, 2.05) is 0 Å². The van der Waals surface area contributed by atoms with E-state index >= 15 is 0 Å². The van der Waals surface area contributed by atoms with Gasteiger partial charge >= 0.3 is 0 Å². The van der Waals surface area contributed by atoms with Crippen LogP contribution in [0.2, 0.25) is 0 Å². The fourth-order valence-electron chi connectivity index (χ4n) is 13.9. The summed E-state index contributed by atoms with van der Waals surface area (Å²) in [5, 5.41) is 0. The van der Waals surface area contributed by atoms with Crippen molar-refractivity contribution in [2.24, 2.45) is 0 Å². The minimum absolute atomic E-state index is 0.00710. The molecule has 0 saturated heterocycles. The Morgan fingerprint density at radius 1 is 0.416 bits per heavy atom. The van der Waals surface area contributed by atoms with Crippen LogP contribution in [0.25, 0.3) is 22.3 Å². The molecule has 382 valence electrons. The smallest absolute Gasteiger partial charge is 0.252 e. The monoisotopic (exact) mass is 1000 g/mol. The van der Waals surface area contributed by atoms with Gasteiger partial charge in [-0.3, -0.25) is 0 Å². The molecule has 0 N–H and O–H groups in total. The van der Waals surface area contributed by atoms with Crippen molar-refractivity contribution in [1.29, 1.82) is 0 Å². The zero-order valence-corrected chi connectivity index (χ0v) is 47.3. The van der Waals surface area contributed by atoms with E-state index in [9.17, 15) is 0 Å². The number of fused-ring (bicyclic) bond motifs is 9. The molecule has 0 bridgehead atoms. The average molecular weight is 1000 g/mol. The molecule has 0 amide bonds. The number of hydrogen-bond acceptors (Lipinski definition) is 3. The number of aryl methyl sites for hydroxylation is 2. The molecule has 0 spiro atoms. The molecule has 0 radical (unpaired) electrons. The third-order valence-electron chi connectivity index (χ3n) is 18.4. The summed E-state index contributed by atoms with van der Waals surface area (Å²) in [7, 11) is 0. The lowest BCUT2D eigenvalue weighted by molar-refractivity contribution is 0.245. The normalized spacial score (nSPS) is 18.3. The molecule has 1 aliphatic carbocycles. The Hall–Kier alpha value is -7.56. The fraction of sp³-hybridized carbons (Fsp3) is 0.260. The average Bonchev–Trinajstić information content (AvgIpc) is 3.56. The van der Waals surface area contributed by atoms with Gasteiger partial charge < -0.3 is 14.7 Å². The Labute approximate surface area is 459 Å². The first-order valence-corrected chi connectivity index (χ1v) is 28.2. The minimum Gasteiger partial charge on any atom is -0.330 e. The van der Waals surface area contributed by atoms with Crippen LogP contribution in [0.15, 0.2) is 194 Å². The van der Waals surface area contributed by atoms with Gasteiger partial charge in [0, 0.05) is 50.8 Å². The van der Waals surface area contributed by atoms with Gasteiger partial charge in [0.05, 0.1) is 11.2 Å². The maximum atomic E-state index is 2.75. The van der Waals surface area contributed by atoms with Gasteiger partial charge in [-0.25, -0.2) is 0 Å². The summed E-state index contributed by atoms with van der Waals surface area (Å²) in [4.78, 5) is 7.98. The lowest BCUT2D eigenvalue weighted by Crippen LogP contribution is -2.61.